The highest BCUT2D eigenvalue weighted by Crippen LogP contribution is 2.16. The Kier molecular flexibility index (Phi) is 2.83. The van der Waals surface area contributed by atoms with E-state index in [4.69, 9.17) is 5.73 Å². The van der Waals surface area contributed by atoms with Crippen molar-refractivity contribution in [3.63, 3.8) is 0 Å². The number of nitrogens with two attached hydrogens (primary N) is 1. The zero-order chi connectivity index (χ0) is 10.7. The maximum atomic E-state index is 5.47. The van der Waals surface area contributed by atoms with Crippen LogP contribution in [-0.4, -0.2) is 16.3 Å². The van der Waals surface area contributed by atoms with E-state index in [1.54, 1.807) is 0 Å². The average molecular weight is 201 g/mol. The van der Waals surface area contributed by atoms with Crippen molar-refractivity contribution < 1.29 is 0 Å². The van der Waals surface area contributed by atoms with E-state index >= 15 is 0 Å². The standard InChI is InChI=1S/C12H15N3/c1-10-2-4-11(5-3-10)12-6-8-15(14-12)9-7-13/h2-6,8H,7,9,13H2,1H3. The van der Waals surface area contributed by atoms with Gasteiger partial charge in [-0.05, 0) is 13.0 Å². The summed E-state index contributed by atoms with van der Waals surface area (Å²) in [6, 6.07) is 10.4. The van der Waals surface area contributed by atoms with E-state index in [1.165, 1.54) is 5.56 Å². The molecule has 0 bridgehead atoms. The number of aromatic nitrogens is 2. The highest BCUT2D eigenvalue weighted by Gasteiger charge is 2.00. The Labute approximate surface area is 89.5 Å². The Morgan fingerprint density at radius 3 is 2.60 bits per heavy atom. The van der Waals surface area contributed by atoms with Crippen LogP contribution in [0.5, 0.6) is 0 Å². The van der Waals surface area contributed by atoms with Crippen molar-refractivity contribution in [2.45, 2.75) is 13.5 Å². The minimum Gasteiger partial charge on any atom is -0.329 e. The number of nitrogens with zero attached hydrogens (tertiary/aromatic N) is 2. The Hall–Kier alpha value is -1.61. The van der Waals surface area contributed by atoms with Crippen LogP contribution in [0.15, 0.2) is 36.5 Å². The third kappa shape index (κ3) is 2.25. The smallest absolute Gasteiger partial charge is 0.0923 e. The predicted molar refractivity (Wildman–Crippen MR) is 61.5 cm³/mol. The van der Waals surface area contributed by atoms with Gasteiger partial charge in [0.1, 0.15) is 0 Å². The summed E-state index contributed by atoms with van der Waals surface area (Å²) in [5.74, 6) is 0. The number of hydrogen-bond acceptors (Lipinski definition) is 2. The molecule has 0 aliphatic rings. The first-order valence-corrected chi connectivity index (χ1v) is 5.10. The summed E-state index contributed by atoms with van der Waals surface area (Å²) in [6.07, 6.45) is 1.96. The number of rotatable bonds is 3. The third-order valence-electron chi connectivity index (χ3n) is 2.35. The lowest BCUT2D eigenvalue weighted by Gasteiger charge is -1.98. The van der Waals surface area contributed by atoms with E-state index in [9.17, 15) is 0 Å². The molecule has 0 saturated carbocycles. The summed E-state index contributed by atoms with van der Waals surface area (Å²) in [7, 11) is 0. The zero-order valence-electron chi connectivity index (χ0n) is 8.85. The maximum Gasteiger partial charge on any atom is 0.0923 e. The lowest BCUT2D eigenvalue weighted by molar-refractivity contribution is 0.627. The third-order valence-corrected chi connectivity index (χ3v) is 2.35. The van der Waals surface area contributed by atoms with Crippen LogP contribution in [0.2, 0.25) is 0 Å². The van der Waals surface area contributed by atoms with Gasteiger partial charge in [0, 0.05) is 18.3 Å². The molecule has 0 unspecified atom stereocenters. The van der Waals surface area contributed by atoms with Crippen LogP contribution < -0.4 is 5.73 Å². The van der Waals surface area contributed by atoms with Gasteiger partial charge in [0.05, 0.1) is 12.2 Å². The van der Waals surface area contributed by atoms with Crippen molar-refractivity contribution in [3.05, 3.63) is 42.1 Å². The molecule has 3 heteroatoms. The average Bonchev–Trinajstić information content (AvgIpc) is 2.68. The van der Waals surface area contributed by atoms with E-state index in [2.05, 4.69) is 36.3 Å². The SMILES string of the molecule is Cc1ccc(-c2ccn(CCN)n2)cc1. The van der Waals surface area contributed by atoms with Crippen LogP contribution in [-0.2, 0) is 6.54 Å². The Morgan fingerprint density at radius 2 is 1.93 bits per heavy atom. The van der Waals surface area contributed by atoms with Gasteiger partial charge in [0.25, 0.3) is 0 Å². The lowest BCUT2D eigenvalue weighted by Crippen LogP contribution is -2.09. The Bertz CT molecular complexity index is 428. The first-order chi connectivity index (χ1) is 7.29. The van der Waals surface area contributed by atoms with Crippen LogP contribution in [0.25, 0.3) is 11.3 Å². The molecule has 0 aliphatic carbocycles. The first-order valence-electron chi connectivity index (χ1n) is 5.10. The highest BCUT2D eigenvalue weighted by molar-refractivity contribution is 5.58. The Balaban J connectivity index is 2.25. The van der Waals surface area contributed by atoms with E-state index in [0.29, 0.717) is 6.54 Å². The predicted octanol–water partition coefficient (Wildman–Crippen LogP) is 1.82. The molecule has 0 fully saturated rings. The molecule has 1 aromatic carbocycles. The summed E-state index contributed by atoms with van der Waals surface area (Å²) in [6.45, 7) is 3.47. The van der Waals surface area contributed by atoms with Crippen LogP contribution in [0, 0.1) is 6.92 Å². The van der Waals surface area contributed by atoms with E-state index in [-0.39, 0.29) is 0 Å². The minimum absolute atomic E-state index is 0.620. The summed E-state index contributed by atoms with van der Waals surface area (Å²) < 4.78 is 1.87. The molecule has 1 aromatic heterocycles. The van der Waals surface area contributed by atoms with Crippen molar-refractivity contribution >= 4 is 0 Å². The van der Waals surface area contributed by atoms with Crippen molar-refractivity contribution in [2.24, 2.45) is 5.73 Å². The molecule has 78 valence electrons. The summed E-state index contributed by atoms with van der Waals surface area (Å²) in [4.78, 5) is 0. The van der Waals surface area contributed by atoms with E-state index in [1.807, 2.05) is 16.9 Å². The normalized spacial score (nSPS) is 10.5. The number of aryl methyl sites for hydroxylation is 1. The molecule has 2 rings (SSSR count). The van der Waals surface area contributed by atoms with Crippen molar-refractivity contribution in [2.75, 3.05) is 6.54 Å². The number of hydrogen-bond donors (Lipinski definition) is 1. The molecular formula is C12H15N3. The van der Waals surface area contributed by atoms with Crippen LogP contribution >= 0.6 is 0 Å². The molecule has 0 spiro atoms. The van der Waals surface area contributed by atoms with Crippen molar-refractivity contribution in [3.8, 4) is 11.3 Å². The highest BCUT2D eigenvalue weighted by atomic mass is 15.3. The largest absolute Gasteiger partial charge is 0.329 e. The topological polar surface area (TPSA) is 43.8 Å². The van der Waals surface area contributed by atoms with Crippen molar-refractivity contribution in [1.82, 2.24) is 9.78 Å². The van der Waals surface area contributed by atoms with Gasteiger partial charge in [-0.15, -0.1) is 0 Å². The fourth-order valence-electron chi connectivity index (χ4n) is 1.50. The quantitative estimate of drug-likeness (QED) is 0.823. The summed E-state index contributed by atoms with van der Waals surface area (Å²) in [5.41, 5.74) is 8.88. The van der Waals surface area contributed by atoms with Crippen LogP contribution in [0.4, 0.5) is 0 Å². The van der Waals surface area contributed by atoms with Gasteiger partial charge in [0.15, 0.2) is 0 Å². The molecule has 2 N–H and O–H groups in total. The lowest BCUT2D eigenvalue weighted by atomic mass is 10.1. The minimum atomic E-state index is 0.620. The fraction of sp³-hybridized carbons (Fsp3) is 0.250. The molecule has 1 heterocycles. The Morgan fingerprint density at radius 1 is 1.20 bits per heavy atom. The molecular weight excluding hydrogens is 186 g/mol. The molecule has 0 aliphatic heterocycles. The van der Waals surface area contributed by atoms with Crippen LogP contribution in [0.3, 0.4) is 0 Å². The van der Waals surface area contributed by atoms with Gasteiger partial charge in [0.2, 0.25) is 0 Å². The molecule has 15 heavy (non-hydrogen) atoms. The molecule has 0 atom stereocenters. The van der Waals surface area contributed by atoms with Gasteiger partial charge >= 0.3 is 0 Å². The van der Waals surface area contributed by atoms with E-state index in [0.717, 1.165) is 17.8 Å². The molecule has 0 saturated heterocycles. The second-order valence-corrected chi connectivity index (χ2v) is 3.62. The van der Waals surface area contributed by atoms with Crippen molar-refractivity contribution in [1.29, 1.82) is 0 Å². The molecule has 2 aromatic rings. The van der Waals surface area contributed by atoms with Gasteiger partial charge in [-0.3, -0.25) is 4.68 Å². The summed E-state index contributed by atoms with van der Waals surface area (Å²) in [5, 5.41) is 4.44. The zero-order valence-corrected chi connectivity index (χ0v) is 8.85. The maximum absolute atomic E-state index is 5.47. The van der Waals surface area contributed by atoms with Gasteiger partial charge < -0.3 is 5.73 Å². The van der Waals surface area contributed by atoms with Gasteiger partial charge in [-0.25, -0.2) is 0 Å². The second-order valence-electron chi connectivity index (χ2n) is 3.62. The molecule has 0 amide bonds. The monoisotopic (exact) mass is 201 g/mol. The first kappa shape index (κ1) is 9.93. The van der Waals surface area contributed by atoms with Gasteiger partial charge in [-0.2, -0.15) is 5.10 Å². The fourth-order valence-corrected chi connectivity index (χ4v) is 1.50. The molecule has 0 radical (unpaired) electrons. The van der Waals surface area contributed by atoms with Gasteiger partial charge in [-0.1, -0.05) is 29.8 Å². The molecule has 3 nitrogen and oxygen atoms in total. The van der Waals surface area contributed by atoms with E-state index < -0.39 is 0 Å². The van der Waals surface area contributed by atoms with Crippen LogP contribution in [0.1, 0.15) is 5.56 Å². The second kappa shape index (κ2) is 4.28. The summed E-state index contributed by atoms with van der Waals surface area (Å²) >= 11 is 0. The number of benzene rings is 1.